The highest BCUT2D eigenvalue weighted by Gasteiger charge is 2.28. The molecule has 1 aromatic carbocycles. The van der Waals surface area contributed by atoms with E-state index >= 15 is 0 Å². The third-order valence-electron chi connectivity index (χ3n) is 4.60. The largest absolute Gasteiger partial charge is 0.467 e. The molecule has 1 aliphatic rings. The van der Waals surface area contributed by atoms with Gasteiger partial charge in [0.2, 0.25) is 0 Å². The van der Waals surface area contributed by atoms with E-state index in [0.717, 1.165) is 31.5 Å². The van der Waals surface area contributed by atoms with Crippen molar-refractivity contribution in [2.75, 3.05) is 13.7 Å². The molecular weight excluding hydrogens is 306 g/mol. The Morgan fingerprint density at radius 3 is 3.04 bits per heavy atom. The van der Waals surface area contributed by atoms with E-state index in [-0.39, 0.29) is 5.97 Å². The third-order valence-corrected chi connectivity index (χ3v) is 4.60. The van der Waals surface area contributed by atoms with Crippen LogP contribution in [0.5, 0.6) is 0 Å². The van der Waals surface area contributed by atoms with Gasteiger partial charge in [0.25, 0.3) is 0 Å². The van der Waals surface area contributed by atoms with Gasteiger partial charge in [-0.1, -0.05) is 12.1 Å². The van der Waals surface area contributed by atoms with Gasteiger partial charge in [-0.3, -0.25) is 4.90 Å². The first-order valence-corrected chi connectivity index (χ1v) is 8.30. The van der Waals surface area contributed by atoms with Crippen molar-refractivity contribution in [3.63, 3.8) is 0 Å². The molecule has 2 unspecified atom stereocenters. The molecule has 0 bridgehead atoms. The fourth-order valence-electron chi connectivity index (χ4n) is 3.37. The number of rotatable bonds is 6. The van der Waals surface area contributed by atoms with Crippen molar-refractivity contribution in [1.29, 1.82) is 0 Å². The summed E-state index contributed by atoms with van der Waals surface area (Å²) in [4.78, 5) is 14.0. The van der Waals surface area contributed by atoms with Gasteiger partial charge < -0.3 is 14.3 Å². The lowest BCUT2D eigenvalue weighted by Gasteiger charge is -2.26. The van der Waals surface area contributed by atoms with Crippen LogP contribution in [-0.2, 0) is 11.3 Å². The topological polar surface area (TPSA) is 62.9 Å². The Hall–Kier alpha value is -2.11. The average molecular weight is 329 g/mol. The van der Waals surface area contributed by atoms with Crippen LogP contribution >= 0.6 is 0 Å². The zero-order valence-corrected chi connectivity index (χ0v) is 13.9. The molecule has 2 atom stereocenters. The second-order valence-electron chi connectivity index (χ2n) is 6.23. The summed E-state index contributed by atoms with van der Waals surface area (Å²) in [6.07, 6.45) is 3.85. The maximum Gasteiger partial charge on any atom is 0.337 e. The van der Waals surface area contributed by atoms with Crippen LogP contribution in [0.25, 0.3) is 0 Å². The van der Waals surface area contributed by atoms with Gasteiger partial charge in [-0.2, -0.15) is 0 Å². The molecule has 0 amide bonds. The molecule has 24 heavy (non-hydrogen) atoms. The SMILES string of the molecule is COC(=O)c1cccc(CN2CCCC2CC(O)c2ccco2)c1. The van der Waals surface area contributed by atoms with E-state index in [0.29, 0.717) is 23.8 Å². The summed E-state index contributed by atoms with van der Waals surface area (Å²) in [7, 11) is 1.39. The van der Waals surface area contributed by atoms with Gasteiger partial charge in [0.05, 0.1) is 18.9 Å². The van der Waals surface area contributed by atoms with Crippen LogP contribution in [0.15, 0.2) is 47.1 Å². The number of esters is 1. The van der Waals surface area contributed by atoms with Crippen molar-refractivity contribution in [2.24, 2.45) is 0 Å². The molecule has 1 aliphatic heterocycles. The summed E-state index contributed by atoms with van der Waals surface area (Å²) >= 11 is 0. The Balaban J connectivity index is 1.64. The van der Waals surface area contributed by atoms with Gasteiger partial charge in [-0.15, -0.1) is 0 Å². The summed E-state index contributed by atoms with van der Waals surface area (Å²) in [6, 6.07) is 11.5. The van der Waals surface area contributed by atoms with Crippen LogP contribution in [0.2, 0.25) is 0 Å². The number of carbonyl (C=O) groups excluding carboxylic acids is 1. The average Bonchev–Trinajstić information content (AvgIpc) is 3.27. The number of benzene rings is 1. The molecule has 0 aliphatic carbocycles. The van der Waals surface area contributed by atoms with Crippen LogP contribution in [-0.4, -0.2) is 35.7 Å². The molecule has 5 nitrogen and oxygen atoms in total. The lowest BCUT2D eigenvalue weighted by molar-refractivity contribution is 0.0600. The Labute approximate surface area is 141 Å². The van der Waals surface area contributed by atoms with Crippen molar-refractivity contribution in [3.8, 4) is 0 Å². The van der Waals surface area contributed by atoms with Crippen molar-refractivity contribution in [1.82, 2.24) is 4.90 Å². The number of aliphatic hydroxyl groups excluding tert-OH is 1. The Bertz CT molecular complexity index is 668. The van der Waals surface area contributed by atoms with Crippen molar-refractivity contribution < 1.29 is 19.1 Å². The fraction of sp³-hybridized carbons (Fsp3) is 0.421. The minimum Gasteiger partial charge on any atom is -0.467 e. The van der Waals surface area contributed by atoms with Crippen LogP contribution in [0.1, 0.15) is 47.0 Å². The number of likely N-dealkylation sites (tertiary alicyclic amines) is 1. The number of nitrogens with zero attached hydrogens (tertiary/aromatic N) is 1. The zero-order chi connectivity index (χ0) is 16.9. The van der Waals surface area contributed by atoms with Crippen LogP contribution in [0, 0.1) is 0 Å². The van der Waals surface area contributed by atoms with Gasteiger partial charge in [0.1, 0.15) is 11.9 Å². The Morgan fingerprint density at radius 1 is 1.42 bits per heavy atom. The van der Waals surface area contributed by atoms with Gasteiger partial charge in [-0.05, 0) is 55.6 Å². The Morgan fingerprint density at radius 2 is 2.29 bits per heavy atom. The van der Waals surface area contributed by atoms with Crippen molar-refractivity contribution in [3.05, 3.63) is 59.5 Å². The second kappa shape index (κ2) is 7.64. The number of aliphatic hydroxyl groups is 1. The highest BCUT2D eigenvalue weighted by Crippen LogP contribution is 2.28. The van der Waals surface area contributed by atoms with Crippen LogP contribution < -0.4 is 0 Å². The summed E-state index contributed by atoms with van der Waals surface area (Å²) < 4.78 is 10.1. The van der Waals surface area contributed by atoms with Crippen molar-refractivity contribution in [2.45, 2.75) is 38.0 Å². The smallest absolute Gasteiger partial charge is 0.337 e. The molecule has 2 aromatic rings. The van der Waals surface area contributed by atoms with Gasteiger partial charge in [0.15, 0.2) is 0 Å². The van der Waals surface area contributed by atoms with E-state index < -0.39 is 6.10 Å². The Kier molecular flexibility index (Phi) is 5.33. The molecule has 1 N–H and O–H groups in total. The predicted molar refractivity (Wildman–Crippen MR) is 89.5 cm³/mol. The number of hydrogen-bond acceptors (Lipinski definition) is 5. The number of hydrogen-bond donors (Lipinski definition) is 1. The minimum atomic E-state index is -0.577. The quantitative estimate of drug-likeness (QED) is 0.825. The molecule has 3 rings (SSSR count). The van der Waals surface area contributed by atoms with E-state index in [1.54, 1.807) is 18.4 Å². The van der Waals surface area contributed by atoms with E-state index in [1.807, 2.05) is 24.3 Å². The molecule has 1 fully saturated rings. The highest BCUT2D eigenvalue weighted by atomic mass is 16.5. The predicted octanol–water partition coefficient (Wildman–Crippen LogP) is 3.15. The van der Waals surface area contributed by atoms with Gasteiger partial charge in [-0.25, -0.2) is 4.79 Å². The number of furan rings is 1. The van der Waals surface area contributed by atoms with E-state index in [4.69, 9.17) is 9.15 Å². The van der Waals surface area contributed by atoms with Crippen LogP contribution in [0.4, 0.5) is 0 Å². The molecule has 1 aromatic heterocycles. The first-order valence-electron chi connectivity index (χ1n) is 8.30. The van der Waals surface area contributed by atoms with E-state index in [2.05, 4.69) is 4.90 Å². The number of carbonyl (C=O) groups is 1. The minimum absolute atomic E-state index is 0.312. The molecule has 5 heteroatoms. The molecule has 128 valence electrons. The fourth-order valence-corrected chi connectivity index (χ4v) is 3.37. The first-order chi connectivity index (χ1) is 11.7. The summed E-state index contributed by atoms with van der Waals surface area (Å²) in [5.74, 6) is 0.303. The molecule has 0 saturated carbocycles. The maximum absolute atomic E-state index is 11.7. The summed E-state index contributed by atoms with van der Waals surface area (Å²) in [5.41, 5.74) is 1.65. The monoisotopic (exact) mass is 329 g/mol. The van der Waals surface area contributed by atoms with E-state index in [1.165, 1.54) is 7.11 Å². The summed E-state index contributed by atoms with van der Waals surface area (Å²) in [5, 5.41) is 10.3. The van der Waals surface area contributed by atoms with Gasteiger partial charge in [0, 0.05) is 12.6 Å². The third kappa shape index (κ3) is 3.86. The lowest BCUT2D eigenvalue weighted by Crippen LogP contribution is -2.30. The maximum atomic E-state index is 11.7. The molecule has 0 spiro atoms. The lowest BCUT2D eigenvalue weighted by atomic mass is 10.0. The molecule has 0 radical (unpaired) electrons. The second-order valence-corrected chi connectivity index (χ2v) is 6.23. The number of methoxy groups -OCH3 is 1. The first kappa shape index (κ1) is 16.7. The van der Waals surface area contributed by atoms with E-state index in [9.17, 15) is 9.90 Å². The van der Waals surface area contributed by atoms with Crippen molar-refractivity contribution >= 4 is 5.97 Å². The molecular formula is C19H23NO4. The highest BCUT2D eigenvalue weighted by molar-refractivity contribution is 5.89. The standard InChI is InChI=1S/C19H23NO4/c1-23-19(22)15-6-2-5-14(11-15)13-20-9-3-7-16(20)12-17(21)18-8-4-10-24-18/h2,4-6,8,10-11,16-17,21H,3,7,9,12-13H2,1H3. The number of ether oxygens (including phenoxy) is 1. The van der Waals surface area contributed by atoms with Crippen LogP contribution in [0.3, 0.4) is 0 Å². The normalized spacial score (nSPS) is 19.3. The molecule has 2 heterocycles. The zero-order valence-electron chi connectivity index (χ0n) is 13.9. The molecule has 1 saturated heterocycles. The van der Waals surface area contributed by atoms with Gasteiger partial charge >= 0.3 is 5.97 Å². The summed E-state index contributed by atoms with van der Waals surface area (Å²) in [6.45, 7) is 1.76.